The lowest BCUT2D eigenvalue weighted by Crippen LogP contribution is -2.46. The number of nitrogens with one attached hydrogen (secondary N) is 1. The first kappa shape index (κ1) is 20.3. The fourth-order valence-electron chi connectivity index (χ4n) is 3.99. The average Bonchev–Trinajstić information content (AvgIpc) is 2.97. The molecule has 3 rings (SSSR count). The minimum atomic E-state index is -0.317. The number of aryl methyl sites for hydroxylation is 1. The topological polar surface area (TPSA) is 67.9 Å². The van der Waals surface area contributed by atoms with Crippen LogP contribution in [0.3, 0.4) is 0 Å². The molecule has 1 amide bonds. The molecule has 1 aromatic rings. The van der Waals surface area contributed by atoms with Crippen LogP contribution in [0.15, 0.2) is 0 Å². The van der Waals surface area contributed by atoms with Crippen LogP contribution in [0.1, 0.15) is 60.8 Å². The number of hydrogen-bond acceptors (Lipinski definition) is 6. The number of carbonyl (C=O) groups is 2. The third-order valence-electron chi connectivity index (χ3n) is 5.05. The van der Waals surface area contributed by atoms with E-state index in [1.165, 1.54) is 4.88 Å². The van der Waals surface area contributed by atoms with Gasteiger partial charge in [0, 0.05) is 30.9 Å². The molecule has 2 aliphatic rings. The van der Waals surface area contributed by atoms with Crippen LogP contribution in [0.25, 0.3) is 0 Å². The number of amides is 1. The Kier molecular flexibility index (Phi) is 6.89. The quantitative estimate of drug-likeness (QED) is 0.750. The average molecular weight is 395 g/mol. The van der Waals surface area contributed by atoms with Crippen molar-refractivity contribution in [3.05, 3.63) is 16.0 Å². The van der Waals surface area contributed by atoms with Gasteiger partial charge in [-0.3, -0.25) is 9.69 Å². The monoisotopic (exact) mass is 394 g/mol. The first-order valence-corrected chi connectivity index (χ1v) is 10.8. The number of anilines is 1. The van der Waals surface area contributed by atoms with Gasteiger partial charge < -0.3 is 14.8 Å². The third-order valence-corrected chi connectivity index (χ3v) is 6.26. The molecule has 0 aromatic carbocycles. The fourth-order valence-corrected chi connectivity index (χ4v) is 5.28. The number of hydrogen-bond donors (Lipinski definition) is 1. The van der Waals surface area contributed by atoms with Gasteiger partial charge in [-0.25, -0.2) is 4.79 Å². The van der Waals surface area contributed by atoms with Crippen LogP contribution in [0.2, 0.25) is 0 Å². The van der Waals surface area contributed by atoms with Crippen LogP contribution < -0.4 is 5.32 Å². The molecule has 1 fully saturated rings. The molecule has 1 N–H and O–H groups in total. The number of morpholine rings is 1. The van der Waals surface area contributed by atoms with Crippen molar-refractivity contribution in [1.29, 1.82) is 0 Å². The van der Waals surface area contributed by atoms with Crippen molar-refractivity contribution in [2.24, 2.45) is 0 Å². The molecule has 1 aromatic heterocycles. The highest BCUT2D eigenvalue weighted by atomic mass is 32.1. The molecule has 2 atom stereocenters. The molecule has 150 valence electrons. The van der Waals surface area contributed by atoms with E-state index in [1.54, 1.807) is 18.3 Å². The minimum absolute atomic E-state index is 0.0501. The summed E-state index contributed by atoms with van der Waals surface area (Å²) < 4.78 is 11.0. The summed E-state index contributed by atoms with van der Waals surface area (Å²) in [4.78, 5) is 28.5. The lowest BCUT2D eigenvalue weighted by atomic mass is 9.95. The second-order valence-electron chi connectivity index (χ2n) is 7.45. The van der Waals surface area contributed by atoms with Crippen molar-refractivity contribution in [2.45, 2.75) is 65.1 Å². The van der Waals surface area contributed by atoms with Crippen molar-refractivity contribution in [2.75, 3.05) is 31.6 Å². The van der Waals surface area contributed by atoms with E-state index < -0.39 is 0 Å². The summed E-state index contributed by atoms with van der Waals surface area (Å²) in [5.41, 5.74) is 1.66. The molecule has 0 saturated carbocycles. The lowest BCUT2D eigenvalue weighted by Gasteiger charge is -2.35. The van der Waals surface area contributed by atoms with Gasteiger partial charge in [0.25, 0.3) is 0 Å². The SMILES string of the molecule is CCOC(=O)c1c(NC(=O)CCN2C[C@@H](C)O[C@H](C)C2)sc2c1CCCC2. The molecule has 0 bridgehead atoms. The first-order chi connectivity index (χ1) is 13.0. The highest BCUT2D eigenvalue weighted by Gasteiger charge is 2.27. The summed E-state index contributed by atoms with van der Waals surface area (Å²) in [6.45, 7) is 8.65. The molecule has 7 heteroatoms. The maximum absolute atomic E-state index is 12.5. The zero-order valence-corrected chi connectivity index (χ0v) is 17.3. The van der Waals surface area contributed by atoms with Crippen molar-refractivity contribution in [3.63, 3.8) is 0 Å². The van der Waals surface area contributed by atoms with E-state index in [9.17, 15) is 9.59 Å². The van der Waals surface area contributed by atoms with Crippen LogP contribution >= 0.6 is 11.3 Å². The zero-order chi connectivity index (χ0) is 19.4. The van der Waals surface area contributed by atoms with Crippen LogP contribution in [0.4, 0.5) is 5.00 Å². The zero-order valence-electron chi connectivity index (χ0n) is 16.5. The summed E-state index contributed by atoms with van der Waals surface area (Å²) in [5, 5.41) is 3.65. The molecule has 1 saturated heterocycles. The van der Waals surface area contributed by atoms with Gasteiger partial charge in [-0.1, -0.05) is 0 Å². The van der Waals surface area contributed by atoms with E-state index in [-0.39, 0.29) is 24.1 Å². The van der Waals surface area contributed by atoms with E-state index in [0.29, 0.717) is 30.1 Å². The van der Waals surface area contributed by atoms with E-state index in [0.717, 1.165) is 44.3 Å². The maximum atomic E-state index is 12.5. The molecule has 0 radical (unpaired) electrons. The molecule has 6 nitrogen and oxygen atoms in total. The van der Waals surface area contributed by atoms with Crippen LogP contribution in [-0.4, -0.2) is 55.2 Å². The number of esters is 1. The number of nitrogens with zero attached hydrogens (tertiary/aromatic N) is 1. The van der Waals surface area contributed by atoms with Crippen LogP contribution in [0.5, 0.6) is 0 Å². The predicted octanol–water partition coefficient (Wildman–Crippen LogP) is 3.24. The summed E-state index contributed by atoms with van der Waals surface area (Å²) in [5.74, 6) is -0.367. The summed E-state index contributed by atoms with van der Waals surface area (Å²) in [6.07, 6.45) is 4.87. The third kappa shape index (κ3) is 5.09. The minimum Gasteiger partial charge on any atom is -0.462 e. The van der Waals surface area contributed by atoms with E-state index in [2.05, 4.69) is 24.1 Å². The molecular formula is C20H30N2O4S. The normalized spacial score (nSPS) is 22.9. The standard InChI is InChI=1S/C20H30N2O4S/c1-4-25-20(24)18-15-7-5-6-8-16(15)27-19(18)21-17(23)9-10-22-11-13(2)26-14(3)12-22/h13-14H,4-12H2,1-3H3,(H,21,23)/t13-,14-/m1/s1. The summed E-state index contributed by atoms with van der Waals surface area (Å²) >= 11 is 1.54. The summed E-state index contributed by atoms with van der Waals surface area (Å²) in [7, 11) is 0. The Morgan fingerprint density at radius 1 is 1.22 bits per heavy atom. The Labute approximate surface area is 165 Å². The van der Waals surface area contributed by atoms with Gasteiger partial charge in [0.2, 0.25) is 5.91 Å². The number of thiophene rings is 1. The van der Waals surface area contributed by atoms with Gasteiger partial charge in [0.05, 0.1) is 24.4 Å². The maximum Gasteiger partial charge on any atom is 0.341 e. The van der Waals surface area contributed by atoms with Crippen molar-refractivity contribution in [3.8, 4) is 0 Å². The van der Waals surface area contributed by atoms with E-state index >= 15 is 0 Å². The first-order valence-electron chi connectivity index (χ1n) is 9.97. The lowest BCUT2D eigenvalue weighted by molar-refractivity contribution is -0.117. The van der Waals surface area contributed by atoms with Crippen molar-refractivity contribution in [1.82, 2.24) is 4.90 Å². The number of ether oxygens (including phenoxy) is 2. The van der Waals surface area contributed by atoms with Crippen LogP contribution in [-0.2, 0) is 27.1 Å². The van der Waals surface area contributed by atoms with E-state index in [1.807, 2.05) is 0 Å². The number of carbonyl (C=O) groups excluding carboxylic acids is 2. The molecule has 1 aliphatic heterocycles. The fraction of sp³-hybridized carbons (Fsp3) is 0.700. The largest absolute Gasteiger partial charge is 0.462 e. The van der Waals surface area contributed by atoms with Gasteiger partial charge in [0.15, 0.2) is 0 Å². The van der Waals surface area contributed by atoms with Gasteiger partial charge >= 0.3 is 5.97 Å². The Morgan fingerprint density at radius 3 is 2.63 bits per heavy atom. The van der Waals surface area contributed by atoms with Gasteiger partial charge in [-0.2, -0.15) is 0 Å². The highest BCUT2D eigenvalue weighted by Crippen LogP contribution is 2.38. The Bertz CT molecular complexity index is 678. The second-order valence-corrected chi connectivity index (χ2v) is 8.56. The molecule has 0 spiro atoms. The Hall–Kier alpha value is -1.44. The smallest absolute Gasteiger partial charge is 0.341 e. The molecule has 27 heavy (non-hydrogen) atoms. The van der Waals surface area contributed by atoms with E-state index in [4.69, 9.17) is 9.47 Å². The van der Waals surface area contributed by atoms with Gasteiger partial charge in [-0.05, 0) is 52.0 Å². The molecule has 2 heterocycles. The molecule has 0 unspecified atom stereocenters. The molecule has 1 aliphatic carbocycles. The van der Waals surface area contributed by atoms with Gasteiger partial charge in [0.1, 0.15) is 5.00 Å². The highest BCUT2D eigenvalue weighted by molar-refractivity contribution is 7.17. The van der Waals surface area contributed by atoms with Gasteiger partial charge in [-0.15, -0.1) is 11.3 Å². The summed E-state index contributed by atoms with van der Waals surface area (Å²) in [6, 6.07) is 0. The number of rotatable bonds is 6. The Morgan fingerprint density at radius 2 is 1.93 bits per heavy atom. The number of fused-ring (bicyclic) bond motifs is 1. The van der Waals surface area contributed by atoms with Crippen molar-refractivity contribution < 1.29 is 19.1 Å². The Balaban J connectivity index is 1.65. The second kappa shape index (κ2) is 9.17. The predicted molar refractivity (Wildman–Crippen MR) is 107 cm³/mol. The van der Waals surface area contributed by atoms with Crippen LogP contribution in [0, 0.1) is 0 Å². The molecular weight excluding hydrogens is 364 g/mol. The van der Waals surface area contributed by atoms with Crippen molar-refractivity contribution >= 4 is 28.2 Å².